The van der Waals surface area contributed by atoms with Crippen molar-refractivity contribution >= 4 is 32.2 Å². The first-order chi connectivity index (χ1) is 13.9. The number of fused-ring (bicyclic) bond motifs is 1. The van der Waals surface area contributed by atoms with Gasteiger partial charge in [0.1, 0.15) is 0 Å². The van der Waals surface area contributed by atoms with Gasteiger partial charge in [0.25, 0.3) is 5.91 Å². The third-order valence-electron chi connectivity index (χ3n) is 5.08. The summed E-state index contributed by atoms with van der Waals surface area (Å²) in [6, 6.07) is 15.0. The SMILES string of the molecule is C[C@H]1CCc2nc(NC(=O)c3ccc(CS(=O)(=O)c4ccccc4)cc3)sc2C1. The van der Waals surface area contributed by atoms with E-state index in [0.717, 1.165) is 25.0 Å². The van der Waals surface area contributed by atoms with Gasteiger partial charge in [0, 0.05) is 10.4 Å². The van der Waals surface area contributed by atoms with Crippen molar-refractivity contribution in [2.75, 3.05) is 5.32 Å². The minimum absolute atomic E-state index is 0.101. The lowest BCUT2D eigenvalue weighted by atomic mass is 9.93. The molecule has 0 aliphatic heterocycles. The lowest BCUT2D eigenvalue weighted by Crippen LogP contribution is -2.12. The number of carbonyl (C=O) groups is 1. The molecular formula is C22H22N2O3S2. The van der Waals surface area contributed by atoms with E-state index in [0.29, 0.717) is 27.1 Å². The van der Waals surface area contributed by atoms with Crippen molar-refractivity contribution in [3.05, 3.63) is 76.3 Å². The maximum atomic E-state index is 12.5. The number of anilines is 1. The van der Waals surface area contributed by atoms with Gasteiger partial charge in [-0.05, 0) is 55.0 Å². The van der Waals surface area contributed by atoms with Crippen molar-refractivity contribution in [2.45, 2.75) is 36.8 Å². The van der Waals surface area contributed by atoms with Crippen LogP contribution in [0.3, 0.4) is 0 Å². The summed E-state index contributed by atoms with van der Waals surface area (Å²) in [6.07, 6.45) is 3.12. The first kappa shape index (κ1) is 19.8. The first-order valence-electron chi connectivity index (χ1n) is 9.57. The minimum Gasteiger partial charge on any atom is -0.298 e. The molecule has 29 heavy (non-hydrogen) atoms. The van der Waals surface area contributed by atoms with Crippen molar-refractivity contribution in [3.63, 3.8) is 0 Å². The molecule has 0 spiro atoms. The largest absolute Gasteiger partial charge is 0.298 e. The Balaban J connectivity index is 1.43. The van der Waals surface area contributed by atoms with Crippen molar-refractivity contribution in [3.8, 4) is 0 Å². The molecular weight excluding hydrogens is 404 g/mol. The number of aromatic nitrogens is 1. The second kappa shape index (κ2) is 8.08. The summed E-state index contributed by atoms with van der Waals surface area (Å²) in [5, 5.41) is 3.50. The number of carbonyl (C=O) groups excluding carboxylic acids is 1. The van der Waals surface area contributed by atoms with Crippen LogP contribution < -0.4 is 5.32 Å². The zero-order valence-corrected chi connectivity index (χ0v) is 17.7. The van der Waals surface area contributed by atoms with Crippen molar-refractivity contribution in [2.24, 2.45) is 5.92 Å². The van der Waals surface area contributed by atoms with Crippen molar-refractivity contribution < 1.29 is 13.2 Å². The van der Waals surface area contributed by atoms with Crippen LogP contribution in [0.4, 0.5) is 5.13 Å². The number of amides is 1. The molecule has 5 nitrogen and oxygen atoms in total. The number of nitrogens with one attached hydrogen (secondary N) is 1. The van der Waals surface area contributed by atoms with Gasteiger partial charge in [-0.1, -0.05) is 37.3 Å². The Morgan fingerprint density at radius 3 is 2.59 bits per heavy atom. The molecule has 0 saturated heterocycles. The lowest BCUT2D eigenvalue weighted by molar-refractivity contribution is 0.102. The maximum absolute atomic E-state index is 12.5. The smallest absolute Gasteiger partial charge is 0.257 e. The van der Waals surface area contributed by atoms with E-state index in [9.17, 15) is 13.2 Å². The predicted molar refractivity (Wildman–Crippen MR) is 115 cm³/mol. The Kier molecular flexibility index (Phi) is 5.52. The number of rotatable bonds is 5. The fourth-order valence-electron chi connectivity index (χ4n) is 3.45. The van der Waals surface area contributed by atoms with Gasteiger partial charge in [-0.25, -0.2) is 13.4 Å². The van der Waals surface area contributed by atoms with Crippen molar-refractivity contribution in [1.82, 2.24) is 4.98 Å². The second-order valence-electron chi connectivity index (χ2n) is 7.46. The highest BCUT2D eigenvalue weighted by Gasteiger charge is 2.21. The number of hydrogen-bond acceptors (Lipinski definition) is 5. The summed E-state index contributed by atoms with van der Waals surface area (Å²) in [5.74, 6) is 0.323. The van der Waals surface area contributed by atoms with E-state index >= 15 is 0 Å². The summed E-state index contributed by atoms with van der Waals surface area (Å²) in [4.78, 5) is 18.7. The quantitative estimate of drug-likeness (QED) is 0.652. The topological polar surface area (TPSA) is 76.1 Å². The summed E-state index contributed by atoms with van der Waals surface area (Å²) in [7, 11) is -3.41. The lowest BCUT2D eigenvalue weighted by Gasteiger charge is -2.15. The fraction of sp³-hybridized carbons (Fsp3) is 0.273. The third-order valence-corrected chi connectivity index (χ3v) is 7.82. The second-order valence-corrected chi connectivity index (χ2v) is 10.5. The zero-order valence-electron chi connectivity index (χ0n) is 16.1. The monoisotopic (exact) mass is 426 g/mol. The Morgan fingerprint density at radius 2 is 1.86 bits per heavy atom. The van der Waals surface area contributed by atoms with Gasteiger partial charge in [-0.15, -0.1) is 11.3 Å². The number of sulfone groups is 1. The molecule has 1 aromatic heterocycles. The molecule has 0 bridgehead atoms. The van der Waals surface area contributed by atoms with E-state index in [4.69, 9.17) is 0 Å². The summed E-state index contributed by atoms with van der Waals surface area (Å²) >= 11 is 1.55. The van der Waals surface area contributed by atoms with Crippen LogP contribution in [0, 0.1) is 5.92 Å². The Bertz CT molecular complexity index is 1120. The normalized spacial score (nSPS) is 16.2. The van der Waals surface area contributed by atoms with Gasteiger partial charge in [0.2, 0.25) is 0 Å². The molecule has 0 fully saturated rings. The molecule has 1 amide bonds. The molecule has 7 heteroatoms. The van der Waals surface area contributed by atoms with E-state index in [1.165, 1.54) is 4.88 Å². The van der Waals surface area contributed by atoms with Gasteiger partial charge in [0.15, 0.2) is 15.0 Å². The molecule has 3 aromatic rings. The molecule has 0 unspecified atom stereocenters. The molecule has 1 heterocycles. The van der Waals surface area contributed by atoms with Gasteiger partial charge < -0.3 is 0 Å². The molecule has 1 aliphatic rings. The van der Waals surface area contributed by atoms with E-state index in [-0.39, 0.29) is 11.7 Å². The van der Waals surface area contributed by atoms with Gasteiger partial charge in [-0.3, -0.25) is 10.1 Å². The predicted octanol–water partition coefficient (Wildman–Crippen LogP) is 4.49. The van der Waals surface area contributed by atoms with Crippen molar-refractivity contribution in [1.29, 1.82) is 0 Å². The van der Waals surface area contributed by atoms with Crippen LogP contribution in [0.1, 0.15) is 39.8 Å². The highest BCUT2D eigenvalue weighted by molar-refractivity contribution is 7.90. The number of benzene rings is 2. The highest BCUT2D eigenvalue weighted by atomic mass is 32.2. The molecule has 4 rings (SSSR count). The van der Waals surface area contributed by atoms with E-state index in [2.05, 4.69) is 17.2 Å². The zero-order chi connectivity index (χ0) is 20.4. The molecule has 150 valence electrons. The average Bonchev–Trinajstić information content (AvgIpc) is 3.10. The molecule has 1 atom stereocenters. The molecule has 1 N–H and O–H groups in total. The summed E-state index contributed by atoms with van der Waals surface area (Å²) in [5.41, 5.74) is 2.22. The van der Waals surface area contributed by atoms with Gasteiger partial charge in [-0.2, -0.15) is 0 Å². The van der Waals surface area contributed by atoms with Crippen LogP contribution in [-0.2, 0) is 28.4 Å². The molecule has 2 aromatic carbocycles. The van der Waals surface area contributed by atoms with E-state index in [1.54, 1.807) is 65.9 Å². The Morgan fingerprint density at radius 1 is 1.14 bits per heavy atom. The summed E-state index contributed by atoms with van der Waals surface area (Å²) in [6.45, 7) is 2.24. The number of nitrogens with zero attached hydrogens (tertiary/aromatic N) is 1. The number of thiazole rings is 1. The van der Waals surface area contributed by atoms with Crippen LogP contribution in [-0.4, -0.2) is 19.3 Å². The first-order valence-corrected chi connectivity index (χ1v) is 12.0. The standard InChI is InChI=1S/C22H22N2O3S2/c1-15-7-12-19-20(13-15)28-22(23-19)24-21(25)17-10-8-16(9-11-17)14-29(26,27)18-5-3-2-4-6-18/h2-6,8-11,15H,7,12-14H2,1H3,(H,23,24,25)/t15-/m0/s1. The minimum atomic E-state index is -3.41. The average molecular weight is 427 g/mol. The van der Waals surface area contributed by atoms with E-state index in [1.807, 2.05) is 0 Å². The van der Waals surface area contributed by atoms with Crippen LogP contribution in [0.15, 0.2) is 59.5 Å². The number of hydrogen-bond donors (Lipinski definition) is 1. The highest BCUT2D eigenvalue weighted by Crippen LogP contribution is 2.32. The Hall–Kier alpha value is -2.51. The molecule has 0 saturated carbocycles. The third kappa shape index (κ3) is 4.57. The van der Waals surface area contributed by atoms with Crippen LogP contribution in [0.2, 0.25) is 0 Å². The maximum Gasteiger partial charge on any atom is 0.257 e. The molecule has 0 radical (unpaired) electrons. The van der Waals surface area contributed by atoms with Gasteiger partial charge >= 0.3 is 0 Å². The van der Waals surface area contributed by atoms with Gasteiger partial charge in [0.05, 0.1) is 16.3 Å². The van der Waals surface area contributed by atoms with Crippen LogP contribution in [0.5, 0.6) is 0 Å². The molecule has 1 aliphatic carbocycles. The van der Waals surface area contributed by atoms with Crippen LogP contribution in [0.25, 0.3) is 0 Å². The fourth-order valence-corrected chi connectivity index (χ4v) is 5.98. The Labute approximate surface area is 174 Å². The van der Waals surface area contributed by atoms with Crippen LogP contribution >= 0.6 is 11.3 Å². The summed E-state index contributed by atoms with van der Waals surface area (Å²) < 4.78 is 25.0. The number of aryl methyl sites for hydroxylation is 1. The van der Waals surface area contributed by atoms with E-state index < -0.39 is 9.84 Å².